The summed E-state index contributed by atoms with van der Waals surface area (Å²) in [6, 6.07) is 1.13. The van der Waals surface area contributed by atoms with Crippen molar-refractivity contribution in [3.05, 3.63) is 50.8 Å². The molecule has 5 rings (SSSR count). The van der Waals surface area contributed by atoms with E-state index in [-0.39, 0.29) is 56.3 Å². The molecule has 1 aliphatic carbocycles. The molecule has 2 aromatic rings. The van der Waals surface area contributed by atoms with E-state index in [0.29, 0.717) is 35.3 Å². The number of halogens is 3. The van der Waals surface area contributed by atoms with Crippen molar-refractivity contribution in [2.75, 3.05) is 6.61 Å². The first-order chi connectivity index (χ1) is 19.6. The van der Waals surface area contributed by atoms with E-state index in [1.54, 1.807) is 32.6 Å². The Hall–Kier alpha value is -3.07. The SMILES string of the molecule is Cc1c(-c2c(C)c3c(c(C)c2C(OC(C)(C)C)C(=O)O)CC(=O)N(C2CCC(F)(F)CC2)C3)cc(F)c2c1CCCO2. The molecule has 3 aliphatic rings. The summed E-state index contributed by atoms with van der Waals surface area (Å²) in [5.74, 6) is -4.31. The molecule has 0 saturated heterocycles. The summed E-state index contributed by atoms with van der Waals surface area (Å²) in [6.07, 6.45) is 0.00279. The topological polar surface area (TPSA) is 76.1 Å². The number of fused-ring (bicyclic) bond motifs is 2. The fourth-order valence-electron chi connectivity index (χ4n) is 6.97. The number of carboxylic acids is 1. The summed E-state index contributed by atoms with van der Waals surface area (Å²) in [5.41, 5.74) is 5.28. The first kappa shape index (κ1) is 30.4. The van der Waals surface area contributed by atoms with E-state index in [9.17, 15) is 23.5 Å². The third-order valence-electron chi connectivity index (χ3n) is 9.09. The van der Waals surface area contributed by atoms with Gasteiger partial charge in [-0.05, 0) is 112 Å². The van der Waals surface area contributed by atoms with Gasteiger partial charge in [0.15, 0.2) is 17.7 Å². The average molecular weight is 588 g/mol. The Morgan fingerprint density at radius 2 is 1.76 bits per heavy atom. The van der Waals surface area contributed by atoms with Crippen LogP contribution in [0.15, 0.2) is 6.07 Å². The van der Waals surface area contributed by atoms with Gasteiger partial charge in [-0.25, -0.2) is 18.0 Å². The lowest BCUT2D eigenvalue weighted by atomic mass is 9.78. The molecule has 0 aromatic heterocycles. The van der Waals surface area contributed by atoms with Crippen LogP contribution in [0.5, 0.6) is 5.75 Å². The summed E-state index contributed by atoms with van der Waals surface area (Å²) < 4.78 is 55.2. The molecule has 1 atom stereocenters. The van der Waals surface area contributed by atoms with Gasteiger partial charge in [-0.1, -0.05) is 0 Å². The predicted molar refractivity (Wildman–Crippen MR) is 153 cm³/mol. The standard InChI is InChI=1S/C33H40F3NO5/c1-17-21-8-7-13-41-29(21)25(34)14-23(17)27-19(3)24-16-37(20-9-11-33(35,36)12-10-20)26(38)15-22(24)18(2)28(27)30(31(39)40)42-32(4,5)6/h14,20,30H,7-13,15-16H2,1-6H3,(H,39,40). The predicted octanol–water partition coefficient (Wildman–Crippen LogP) is 7.15. The molecule has 1 amide bonds. The van der Waals surface area contributed by atoms with E-state index in [1.807, 2.05) is 13.8 Å². The van der Waals surface area contributed by atoms with Gasteiger partial charge in [0.05, 0.1) is 18.6 Å². The van der Waals surface area contributed by atoms with E-state index in [2.05, 4.69) is 0 Å². The molecule has 0 radical (unpaired) electrons. The van der Waals surface area contributed by atoms with Crippen LogP contribution in [0.25, 0.3) is 11.1 Å². The minimum atomic E-state index is -2.71. The summed E-state index contributed by atoms with van der Waals surface area (Å²) in [4.78, 5) is 28.0. The number of hydrogen-bond donors (Lipinski definition) is 1. The van der Waals surface area contributed by atoms with Gasteiger partial charge in [-0.2, -0.15) is 0 Å². The Kier molecular flexibility index (Phi) is 7.88. The third-order valence-corrected chi connectivity index (χ3v) is 9.09. The number of nitrogens with zero attached hydrogens (tertiary/aromatic N) is 1. The molecule has 0 bridgehead atoms. The Morgan fingerprint density at radius 1 is 1.10 bits per heavy atom. The second-order valence-corrected chi connectivity index (χ2v) is 13.0. The first-order valence-corrected chi connectivity index (χ1v) is 14.8. The van der Waals surface area contributed by atoms with Gasteiger partial charge in [0.1, 0.15) is 0 Å². The quantitative estimate of drug-likeness (QED) is 0.402. The highest BCUT2D eigenvalue weighted by atomic mass is 19.3. The van der Waals surface area contributed by atoms with Crippen LogP contribution in [0.4, 0.5) is 13.2 Å². The van der Waals surface area contributed by atoms with E-state index in [4.69, 9.17) is 9.47 Å². The van der Waals surface area contributed by atoms with Crippen LogP contribution in [0.3, 0.4) is 0 Å². The molecule has 2 aliphatic heterocycles. The van der Waals surface area contributed by atoms with Gasteiger partial charge in [-0.15, -0.1) is 0 Å². The molecule has 9 heteroatoms. The number of hydrogen-bond acceptors (Lipinski definition) is 4. The molecule has 1 unspecified atom stereocenters. The van der Waals surface area contributed by atoms with Crippen molar-refractivity contribution in [2.45, 2.75) is 117 Å². The minimum absolute atomic E-state index is 0.0371. The molecule has 2 aromatic carbocycles. The monoisotopic (exact) mass is 587 g/mol. The van der Waals surface area contributed by atoms with Crippen LogP contribution in [-0.2, 0) is 33.7 Å². The summed E-state index contributed by atoms with van der Waals surface area (Å²) in [5, 5.41) is 10.4. The Labute approximate surface area is 245 Å². The minimum Gasteiger partial charge on any atom is -0.490 e. The van der Waals surface area contributed by atoms with Gasteiger partial charge in [0, 0.05) is 36.6 Å². The molecule has 6 nitrogen and oxygen atoms in total. The van der Waals surface area contributed by atoms with Gasteiger partial charge in [-0.3, -0.25) is 4.79 Å². The summed E-state index contributed by atoms with van der Waals surface area (Å²) in [6.45, 7) is 11.6. The van der Waals surface area contributed by atoms with Crippen LogP contribution in [0, 0.1) is 26.6 Å². The van der Waals surface area contributed by atoms with Gasteiger partial charge in [0.2, 0.25) is 11.8 Å². The van der Waals surface area contributed by atoms with Crippen molar-refractivity contribution in [3.63, 3.8) is 0 Å². The maximum absolute atomic E-state index is 15.6. The number of carboxylic acid groups (broad SMARTS) is 1. The van der Waals surface area contributed by atoms with Gasteiger partial charge < -0.3 is 19.5 Å². The number of carbonyl (C=O) groups excluding carboxylic acids is 1. The average Bonchev–Trinajstić information content (AvgIpc) is 2.91. The van der Waals surface area contributed by atoms with E-state index in [1.165, 1.54) is 6.07 Å². The lowest BCUT2D eigenvalue weighted by molar-refractivity contribution is -0.160. The van der Waals surface area contributed by atoms with Crippen molar-refractivity contribution < 1.29 is 37.3 Å². The van der Waals surface area contributed by atoms with E-state index >= 15 is 4.39 Å². The molecule has 2 heterocycles. The van der Waals surface area contributed by atoms with E-state index in [0.717, 1.165) is 34.2 Å². The highest BCUT2D eigenvalue weighted by Crippen LogP contribution is 2.47. The molecule has 0 spiro atoms. The van der Waals surface area contributed by atoms with E-state index < -0.39 is 29.4 Å². The van der Waals surface area contributed by atoms with Crippen molar-refractivity contribution in [2.24, 2.45) is 0 Å². The Morgan fingerprint density at radius 3 is 2.38 bits per heavy atom. The van der Waals surface area contributed by atoms with Crippen LogP contribution < -0.4 is 4.74 Å². The van der Waals surface area contributed by atoms with Crippen molar-refractivity contribution >= 4 is 11.9 Å². The number of carbonyl (C=O) groups is 2. The number of amides is 1. The maximum atomic E-state index is 15.6. The molecule has 1 saturated carbocycles. The van der Waals surface area contributed by atoms with Crippen molar-refractivity contribution in [1.82, 2.24) is 4.90 Å². The summed E-state index contributed by atoms with van der Waals surface area (Å²) in [7, 11) is 0. The first-order valence-electron chi connectivity index (χ1n) is 14.8. The highest BCUT2D eigenvalue weighted by Gasteiger charge is 2.41. The number of alkyl halides is 2. The summed E-state index contributed by atoms with van der Waals surface area (Å²) >= 11 is 0. The number of benzene rings is 2. The Balaban J connectivity index is 1.73. The zero-order chi connectivity index (χ0) is 30.7. The third kappa shape index (κ3) is 5.52. The number of rotatable bonds is 5. The molecule has 228 valence electrons. The zero-order valence-electron chi connectivity index (χ0n) is 25.3. The van der Waals surface area contributed by atoms with Gasteiger partial charge in [0.25, 0.3) is 0 Å². The normalized spacial score (nSPS) is 19.6. The van der Waals surface area contributed by atoms with Crippen molar-refractivity contribution in [1.29, 1.82) is 0 Å². The van der Waals surface area contributed by atoms with Crippen LogP contribution in [0.2, 0.25) is 0 Å². The van der Waals surface area contributed by atoms with Crippen LogP contribution in [0.1, 0.15) is 97.9 Å². The highest BCUT2D eigenvalue weighted by molar-refractivity contribution is 5.89. The molecule has 1 N–H and O–H groups in total. The van der Waals surface area contributed by atoms with Crippen molar-refractivity contribution in [3.8, 4) is 16.9 Å². The molecular weight excluding hydrogens is 547 g/mol. The van der Waals surface area contributed by atoms with Gasteiger partial charge >= 0.3 is 5.97 Å². The lowest BCUT2D eigenvalue weighted by Crippen LogP contribution is -2.47. The Bertz CT molecular complexity index is 1430. The fraction of sp³-hybridized carbons (Fsp3) is 0.576. The second-order valence-electron chi connectivity index (χ2n) is 13.0. The number of aliphatic carboxylic acids is 1. The largest absolute Gasteiger partial charge is 0.490 e. The smallest absolute Gasteiger partial charge is 0.337 e. The second kappa shape index (κ2) is 10.9. The maximum Gasteiger partial charge on any atom is 0.337 e. The number of ether oxygens (including phenoxy) is 2. The lowest BCUT2D eigenvalue weighted by Gasteiger charge is -2.41. The fourth-order valence-corrected chi connectivity index (χ4v) is 6.97. The molecule has 1 fully saturated rings. The van der Waals surface area contributed by atoms with Crippen LogP contribution >= 0.6 is 0 Å². The molecule has 42 heavy (non-hydrogen) atoms. The molecular formula is C33H40F3NO5. The zero-order valence-corrected chi connectivity index (χ0v) is 25.3. The van der Waals surface area contributed by atoms with Crippen LogP contribution in [-0.4, -0.2) is 46.1 Å².